The second-order valence-electron chi connectivity index (χ2n) is 5.70. The van der Waals surface area contributed by atoms with Crippen LogP contribution in [0.15, 0.2) is 53.4 Å². The lowest BCUT2D eigenvalue weighted by Crippen LogP contribution is -2.44. The van der Waals surface area contributed by atoms with Crippen molar-refractivity contribution in [2.24, 2.45) is 0 Å². The average Bonchev–Trinajstić information content (AvgIpc) is 3.00. The molecule has 3 rings (SSSR count). The smallest absolute Gasteiger partial charge is 0.285 e. The van der Waals surface area contributed by atoms with Gasteiger partial charge in [-0.05, 0) is 60.3 Å². The molecule has 1 N–H and O–H groups in total. The molecule has 9 heteroatoms. The number of hydrogen-bond acceptors (Lipinski definition) is 7. The number of rotatable bonds is 6. The van der Waals surface area contributed by atoms with E-state index in [1.807, 2.05) is 6.07 Å². The number of carbonyl (C=O) groups is 2. The van der Waals surface area contributed by atoms with E-state index in [9.17, 15) is 9.59 Å². The number of nitriles is 1. The molecule has 0 unspecified atom stereocenters. The number of benzene rings is 2. The highest BCUT2D eigenvalue weighted by molar-refractivity contribution is 8.26. The molecule has 29 heavy (non-hydrogen) atoms. The molecule has 0 saturated carbocycles. The fourth-order valence-corrected chi connectivity index (χ4v) is 3.58. The molecule has 0 atom stereocenters. The summed E-state index contributed by atoms with van der Waals surface area (Å²) in [6.07, 6.45) is 1.67. The van der Waals surface area contributed by atoms with Gasteiger partial charge in [0.2, 0.25) is 0 Å². The highest BCUT2D eigenvalue weighted by atomic mass is 32.2. The molecule has 0 aromatic heterocycles. The summed E-state index contributed by atoms with van der Waals surface area (Å²) < 4.78 is 10.5. The molecule has 1 aliphatic heterocycles. The van der Waals surface area contributed by atoms with Gasteiger partial charge < -0.3 is 9.47 Å². The van der Waals surface area contributed by atoms with E-state index in [-0.39, 0.29) is 10.9 Å². The molecular formula is C20H15N3O4S2. The number of methoxy groups -OCH3 is 1. The maximum absolute atomic E-state index is 12.6. The van der Waals surface area contributed by atoms with Crippen LogP contribution in [0, 0.1) is 11.3 Å². The topological polar surface area (TPSA) is 91.7 Å². The van der Waals surface area contributed by atoms with Gasteiger partial charge in [-0.2, -0.15) is 10.3 Å². The number of ether oxygens (including phenoxy) is 2. The summed E-state index contributed by atoms with van der Waals surface area (Å²) in [6, 6.07) is 15.3. The highest BCUT2D eigenvalue weighted by Gasteiger charge is 2.33. The number of thioether (sulfide) groups is 1. The SMILES string of the molecule is COc1ccc(C(=O)NN2C(=O)/C(=C/c3ccc(OCC#N)cc3)SC2=S)cc1. The average molecular weight is 425 g/mol. The van der Waals surface area contributed by atoms with Crippen molar-refractivity contribution in [2.75, 3.05) is 13.7 Å². The Labute approximate surface area is 176 Å². The standard InChI is InChI=1S/C20H15N3O4S2/c1-26-15-8-4-14(5-9-15)18(24)22-23-19(25)17(29-20(23)28)12-13-2-6-16(7-3-13)27-11-10-21/h2-9,12H,11H2,1H3,(H,22,24)/b17-12-. The van der Waals surface area contributed by atoms with Crippen molar-refractivity contribution >= 4 is 46.2 Å². The predicted octanol–water partition coefficient (Wildman–Crippen LogP) is 3.14. The van der Waals surface area contributed by atoms with Gasteiger partial charge in [0.15, 0.2) is 10.9 Å². The number of amides is 2. The van der Waals surface area contributed by atoms with Crippen molar-refractivity contribution < 1.29 is 19.1 Å². The number of nitrogens with zero attached hydrogens (tertiary/aromatic N) is 2. The molecule has 1 fully saturated rings. The number of hydrogen-bond donors (Lipinski definition) is 1. The van der Waals surface area contributed by atoms with Gasteiger partial charge in [-0.15, -0.1) is 0 Å². The lowest BCUT2D eigenvalue weighted by atomic mass is 10.2. The summed E-state index contributed by atoms with van der Waals surface area (Å²) >= 11 is 6.33. The number of thiocarbonyl (C=S) groups is 1. The normalized spacial score (nSPS) is 14.6. The molecule has 0 radical (unpaired) electrons. The van der Waals surface area contributed by atoms with Crippen molar-refractivity contribution in [2.45, 2.75) is 0 Å². The minimum absolute atomic E-state index is 0.0358. The molecule has 146 valence electrons. The first-order valence-corrected chi connectivity index (χ1v) is 9.57. The van der Waals surface area contributed by atoms with Crippen LogP contribution in [0.3, 0.4) is 0 Å². The molecule has 7 nitrogen and oxygen atoms in total. The molecule has 2 aromatic carbocycles. The van der Waals surface area contributed by atoms with Crippen molar-refractivity contribution in [3.63, 3.8) is 0 Å². The van der Waals surface area contributed by atoms with Crippen molar-refractivity contribution in [3.8, 4) is 17.6 Å². The molecule has 0 bridgehead atoms. The minimum atomic E-state index is -0.454. The quantitative estimate of drug-likeness (QED) is 0.561. The third kappa shape index (κ3) is 4.93. The Hall–Kier alpha value is -3.35. The fraction of sp³-hybridized carbons (Fsp3) is 0.100. The Morgan fingerprint density at radius 1 is 1.21 bits per heavy atom. The summed E-state index contributed by atoms with van der Waals surface area (Å²) in [5, 5.41) is 9.59. The maximum Gasteiger partial charge on any atom is 0.285 e. The Balaban J connectivity index is 1.69. The second-order valence-corrected chi connectivity index (χ2v) is 7.38. The van der Waals surface area contributed by atoms with Gasteiger partial charge in [-0.1, -0.05) is 23.9 Å². The van der Waals surface area contributed by atoms with E-state index < -0.39 is 11.8 Å². The van der Waals surface area contributed by atoms with Crippen LogP contribution in [0.25, 0.3) is 6.08 Å². The maximum atomic E-state index is 12.6. The van der Waals surface area contributed by atoms with E-state index in [0.717, 1.165) is 22.3 Å². The predicted molar refractivity (Wildman–Crippen MR) is 113 cm³/mol. The Kier molecular flexibility index (Phi) is 6.49. The summed E-state index contributed by atoms with van der Waals surface area (Å²) in [7, 11) is 1.54. The molecular weight excluding hydrogens is 410 g/mol. The van der Waals surface area contributed by atoms with Gasteiger partial charge in [0.1, 0.15) is 17.6 Å². The third-order valence-electron chi connectivity index (χ3n) is 3.84. The van der Waals surface area contributed by atoms with Gasteiger partial charge in [-0.25, -0.2) is 0 Å². The zero-order chi connectivity index (χ0) is 20.8. The van der Waals surface area contributed by atoms with E-state index in [4.69, 9.17) is 27.0 Å². The Morgan fingerprint density at radius 3 is 2.48 bits per heavy atom. The van der Waals surface area contributed by atoms with Gasteiger partial charge >= 0.3 is 0 Å². The molecule has 0 spiro atoms. The fourth-order valence-electron chi connectivity index (χ4n) is 2.40. The lowest BCUT2D eigenvalue weighted by molar-refractivity contribution is -0.123. The van der Waals surface area contributed by atoms with E-state index in [2.05, 4.69) is 5.43 Å². The Morgan fingerprint density at radius 2 is 1.86 bits per heavy atom. The number of carbonyl (C=O) groups excluding carboxylic acids is 2. The first-order chi connectivity index (χ1) is 14.0. The van der Waals surface area contributed by atoms with Crippen LogP contribution in [0.1, 0.15) is 15.9 Å². The van der Waals surface area contributed by atoms with Crippen LogP contribution in [0.2, 0.25) is 0 Å². The van der Waals surface area contributed by atoms with Crippen LogP contribution in [-0.4, -0.2) is 34.9 Å². The summed E-state index contributed by atoms with van der Waals surface area (Å²) in [6.45, 7) is -0.0358. The lowest BCUT2D eigenvalue weighted by Gasteiger charge is -2.15. The van der Waals surface area contributed by atoms with Crippen molar-refractivity contribution in [3.05, 3.63) is 64.6 Å². The largest absolute Gasteiger partial charge is 0.497 e. The Bertz CT molecular complexity index is 1010. The molecule has 0 aliphatic carbocycles. The summed E-state index contributed by atoms with van der Waals surface area (Å²) in [5.74, 6) is 0.318. The van der Waals surface area contributed by atoms with Crippen LogP contribution in [-0.2, 0) is 4.79 Å². The number of hydrazine groups is 1. The molecule has 1 heterocycles. The summed E-state index contributed by atoms with van der Waals surface area (Å²) in [5.41, 5.74) is 3.66. The van der Waals surface area contributed by atoms with Gasteiger partial charge in [0.25, 0.3) is 11.8 Å². The number of nitrogens with one attached hydrogen (secondary N) is 1. The zero-order valence-electron chi connectivity index (χ0n) is 15.2. The van der Waals surface area contributed by atoms with E-state index in [1.165, 1.54) is 7.11 Å². The van der Waals surface area contributed by atoms with Crippen molar-refractivity contribution in [1.82, 2.24) is 10.4 Å². The van der Waals surface area contributed by atoms with E-state index in [0.29, 0.717) is 22.0 Å². The molecule has 1 aliphatic rings. The second kappa shape index (κ2) is 9.23. The first kappa shape index (κ1) is 20.4. The molecule has 2 amide bonds. The first-order valence-electron chi connectivity index (χ1n) is 8.34. The van der Waals surface area contributed by atoms with Gasteiger partial charge in [0.05, 0.1) is 12.0 Å². The van der Waals surface area contributed by atoms with Crippen molar-refractivity contribution in [1.29, 1.82) is 5.26 Å². The summed E-state index contributed by atoms with van der Waals surface area (Å²) in [4.78, 5) is 25.4. The zero-order valence-corrected chi connectivity index (χ0v) is 16.9. The van der Waals surface area contributed by atoms with Gasteiger partial charge in [-0.3, -0.25) is 15.0 Å². The molecule has 2 aromatic rings. The van der Waals surface area contributed by atoms with Crippen LogP contribution < -0.4 is 14.9 Å². The van der Waals surface area contributed by atoms with Crippen LogP contribution in [0.4, 0.5) is 0 Å². The van der Waals surface area contributed by atoms with E-state index >= 15 is 0 Å². The molecule has 1 saturated heterocycles. The van der Waals surface area contributed by atoms with E-state index in [1.54, 1.807) is 54.6 Å². The minimum Gasteiger partial charge on any atom is -0.497 e. The highest BCUT2D eigenvalue weighted by Crippen LogP contribution is 2.31. The van der Waals surface area contributed by atoms with Crippen LogP contribution >= 0.6 is 24.0 Å². The third-order valence-corrected chi connectivity index (χ3v) is 5.14. The van der Waals surface area contributed by atoms with Crippen LogP contribution in [0.5, 0.6) is 11.5 Å². The monoisotopic (exact) mass is 425 g/mol. The van der Waals surface area contributed by atoms with Gasteiger partial charge in [0, 0.05) is 5.56 Å².